The van der Waals surface area contributed by atoms with E-state index in [1.165, 1.54) is 11.5 Å². The van der Waals surface area contributed by atoms with Crippen LogP contribution in [0.3, 0.4) is 0 Å². The molecule has 7 nitrogen and oxygen atoms in total. The molecule has 3 aromatic rings. The molecular weight excluding hydrogens is 388 g/mol. The lowest BCUT2D eigenvalue weighted by Gasteiger charge is -2.20. The van der Waals surface area contributed by atoms with Crippen LogP contribution >= 0.6 is 11.5 Å². The van der Waals surface area contributed by atoms with Crippen molar-refractivity contribution in [3.8, 4) is 5.75 Å². The summed E-state index contributed by atoms with van der Waals surface area (Å²) in [6, 6.07) is 11.8. The number of rotatable bonds is 10. The molecule has 3 rings (SSSR count). The van der Waals surface area contributed by atoms with Gasteiger partial charge in [-0.1, -0.05) is 12.1 Å². The van der Waals surface area contributed by atoms with Crippen molar-refractivity contribution in [3.63, 3.8) is 0 Å². The first kappa shape index (κ1) is 20.9. The van der Waals surface area contributed by atoms with Gasteiger partial charge >= 0.3 is 0 Å². The number of hydrogen-bond acceptors (Lipinski definition) is 7. The monoisotopic (exact) mass is 414 g/mol. The number of aromatic nitrogens is 2. The highest BCUT2D eigenvalue weighted by molar-refractivity contribution is 7.09. The van der Waals surface area contributed by atoms with E-state index in [0.717, 1.165) is 28.0 Å². The van der Waals surface area contributed by atoms with Gasteiger partial charge in [0, 0.05) is 37.0 Å². The summed E-state index contributed by atoms with van der Waals surface area (Å²) in [7, 11) is 1.65. The first-order chi connectivity index (χ1) is 14.0. The third kappa shape index (κ3) is 6.32. The molecule has 154 valence electrons. The van der Waals surface area contributed by atoms with Crippen LogP contribution in [0.1, 0.15) is 37.4 Å². The number of anilines is 1. The molecule has 2 aromatic heterocycles. The van der Waals surface area contributed by atoms with Gasteiger partial charge in [0.25, 0.3) is 0 Å². The van der Waals surface area contributed by atoms with Crippen molar-refractivity contribution in [2.24, 2.45) is 0 Å². The highest BCUT2D eigenvalue weighted by Gasteiger charge is 2.17. The van der Waals surface area contributed by atoms with Crippen LogP contribution < -0.4 is 15.0 Å². The molecule has 0 radical (unpaired) electrons. The minimum atomic E-state index is 0.0190. The maximum absolute atomic E-state index is 12.1. The Hall–Kier alpha value is -2.87. The number of amides is 1. The summed E-state index contributed by atoms with van der Waals surface area (Å²) >= 11 is 1.33. The Morgan fingerprint density at radius 3 is 2.90 bits per heavy atom. The summed E-state index contributed by atoms with van der Waals surface area (Å²) in [5.41, 5.74) is 1.09. The number of ether oxygens (including phenoxy) is 1. The molecule has 0 saturated heterocycles. The molecular formula is C21H26N4O3S. The van der Waals surface area contributed by atoms with Crippen LogP contribution in [-0.4, -0.2) is 35.0 Å². The highest BCUT2D eigenvalue weighted by atomic mass is 32.1. The lowest BCUT2D eigenvalue weighted by atomic mass is 10.1. The minimum absolute atomic E-state index is 0.0190. The fourth-order valence-electron chi connectivity index (χ4n) is 2.87. The van der Waals surface area contributed by atoms with Crippen molar-refractivity contribution in [2.45, 2.75) is 39.3 Å². The maximum Gasteiger partial charge on any atom is 0.221 e. The normalized spacial score (nSPS) is 10.9. The Labute approximate surface area is 174 Å². The molecule has 8 heteroatoms. The molecule has 0 aliphatic heterocycles. The molecule has 1 N–H and O–H groups in total. The number of methoxy groups -OCH3 is 1. The third-order valence-electron chi connectivity index (χ3n) is 4.21. The number of benzene rings is 1. The SMILES string of the molecule is COc1cccc(Cc2nsc(N(CCC(=O)NC(C)C)Cc3ccco3)n2)c1. The minimum Gasteiger partial charge on any atom is -0.497 e. The van der Waals surface area contributed by atoms with Crippen molar-refractivity contribution in [1.29, 1.82) is 0 Å². The van der Waals surface area contributed by atoms with E-state index in [2.05, 4.69) is 9.69 Å². The van der Waals surface area contributed by atoms with Gasteiger partial charge in [-0.25, -0.2) is 4.98 Å². The summed E-state index contributed by atoms with van der Waals surface area (Å²) in [5.74, 6) is 2.40. The molecule has 0 bridgehead atoms. The van der Waals surface area contributed by atoms with E-state index in [9.17, 15) is 4.79 Å². The molecule has 0 aliphatic carbocycles. The highest BCUT2D eigenvalue weighted by Crippen LogP contribution is 2.22. The van der Waals surface area contributed by atoms with E-state index in [0.29, 0.717) is 25.9 Å². The number of nitrogens with one attached hydrogen (secondary N) is 1. The summed E-state index contributed by atoms with van der Waals surface area (Å²) in [4.78, 5) is 18.8. The van der Waals surface area contributed by atoms with Crippen LogP contribution in [0.25, 0.3) is 0 Å². The Bertz CT molecular complexity index is 908. The van der Waals surface area contributed by atoms with E-state index in [4.69, 9.17) is 14.1 Å². The van der Waals surface area contributed by atoms with Crippen molar-refractivity contribution in [1.82, 2.24) is 14.7 Å². The second-order valence-electron chi connectivity index (χ2n) is 6.99. The summed E-state index contributed by atoms with van der Waals surface area (Å²) in [5, 5.41) is 3.70. The lowest BCUT2D eigenvalue weighted by Crippen LogP contribution is -2.34. The number of furan rings is 1. The Balaban J connectivity index is 1.70. The summed E-state index contributed by atoms with van der Waals surface area (Å²) < 4.78 is 15.3. The van der Waals surface area contributed by atoms with Crippen LogP contribution in [-0.2, 0) is 17.8 Å². The van der Waals surface area contributed by atoms with Gasteiger partial charge in [0.1, 0.15) is 17.3 Å². The zero-order valence-corrected chi connectivity index (χ0v) is 17.7. The van der Waals surface area contributed by atoms with Crippen molar-refractivity contribution >= 4 is 22.6 Å². The molecule has 0 atom stereocenters. The first-order valence-corrected chi connectivity index (χ1v) is 10.3. The summed E-state index contributed by atoms with van der Waals surface area (Å²) in [6.07, 6.45) is 2.65. The molecule has 29 heavy (non-hydrogen) atoms. The fraction of sp³-hybridized carbons (Fsp3) is 0.381. The van der Waals surface area contributed by atoms with E-state index in [1.54, 1.807) is 13.4 Å². The van der Waals surface area contributed by atoms with Crippen molar-refractivity contribution < 1.29 is 13.9 Å². The predicted octanol–water partition coefficient (Wildman–Crippen LogP) is 3.65. The topological polar surface area (TPSA) is 80.5 Å². The fourth-order valence-corrected chi connectivity index (χ4v) is 3.58. The largest absolute Gasteiger partial charge is 0.497 e. The molecule has 2 heterocycles. The zero-order chi connectivity index (χ0) is 20.6. The average Bonchev–Trinajstić information content (AvgIpc) is 3.36. The van der Waals surface area contributed by atoms with Crippen LogP contribution in [0.5, 0.6) is 5.75 Å². The number of carbonyl (C=O) groups excluding carboxylic acids is 1. The number of hydrogen-bond donors (Lipinski definition) is 1. The molecule has 1 amide bonds. The van der Waals surface area contributed by atoms with Gasteiger partial charge in [0.15, 0.2) is 0 Å². The Morgan fingerprint density at radius 1 is 1.31 bits per heavy atom. The smallest absolute Gasteiger partial charge is 0.221 e. The molecule has 0 aliphatic rings. The van der Waals surface area contributed by atoms with Gasteiger partial charge in [0.2, 0.25) is 11.0 Å². The van der Waals surface area contributed by atoms with Crippen molar-refractivity contribution in [2.75, 3.05) is 18.6 Å². The van der Waals surface area contributed by atoms with Crippen LogP contribution in [0.2, 0.25) is 0 Å². The van der Waals surface area contributed by atoms with Gasteiger partial charge in [0.05, 0.1) is 19.9 Å². The van der Waals surface area contributed by atoms with Crippen LogP contribution in [0, 0.1) is 0 Å². The molecule has 0 spiro atoms. The van der Waals surface area contributed by atoms with Crippen LogP contribution in [0.4, 0.5) is 5.13 Å². The molecule has 0 unspecified atom stereocenters. The van der Waals surface area contributed by atoms with E-state index >= 15 is 0 Å². The average molecular weight is 415 g/mol. The van der Waals surface area contributed by atoms with Gasteiger partial charge in [-0.05, 0) is 43.7 Å². The Morgan fingerprint density at radius 2 is 2.17 bits per heavy atom. The first-order valence-electron chi connectivity index (χ1n) is 9.55. The Kier molecular flexibility index (Phi) is 7.24. The molecule has 0 saturated carbocycles. The van der Waals surface area contributed by atoms with E-state index in [-0.39, 0.29) is 11.9 Å². The van der Waals surface area contributed by atoms with Crippen LogP contribution in [0.15, 0.2) is 47.1 Å². The van der Waals surface area contributed by atoms with Crippen molar-refractivity contribution in [3.05, 3.63) is 59.8 Å². The molecule has 1 aromatic carbocycles. The van der Waals surface area contributed by atoms with Gasteiger partial charge in [-0.2, -0.15) is 4.37 Å². The summed E-state index contributed by atoms with van der Waals surface area (Å²) in [6.45, 7) is 4.98. The van der Waals surface area contributed by atoms with Gasteiger partial charge < -0.3 is 19.4 Å². The second-order valence-corrected chi connectivity index (χ2v) is 7.72. The quantitative estimate of drug-likeness (QED) is 0.545. The zero-order valence-electron chi connectivity index (χ0n) is 16.9. The van der Waals surface area contributed by atoms with E-state index < -0.39 is 0 Å². The van der Waals surface area contributed by atoms with E-state index in [1.807, 2.05) is 55.1 Å². The number of nitrogens with zero attached hydrogens (tertiary/aromatic N) is 3. The van der Waals surface area contributed by atoms with Gasteiger partial charge in [-0.15, -0.1) is 0 Å². The van der Waals surface area contributed by atoms with Gasteiger partial charge in [-0.3, -0.25) is 4.79 Å². The third-order valence-corrected chi connectivity index (χ3v) is 5.02. The number of carbonyl (C=O) groups is 1. The molecule has 0 fully saturated rings. The lowest BCUT2D eigenvalue weighted by molar-refractivity contribution is -0.121. The second kappa shape index (κ2) is 10.1. The predicted molar refractivity (Wildman–Crippen MR) is 113 cm³/mol. The maximum atomic E-state index is 12.1. The standard InChI is InChI=1S/C21H26N4O3S/c1-15(2)22-20(26)9-10-25(14-18-8-5-11-28-18)21-23-19(24-29-21)13-16-6-4-7-17(12-16)27-3/h4-8,11-12,15H,9-10,13-14H2,1-3H3,(H,22,26).